The van der Waals surface area contributed by atoms with Crippen molar-refractivity contribution in [3.05, 3.63) is 102 Å². The fourth-order valence-corrected chi connectivity index (χ4v) is 5.91. The van der Waals surface area contributed by atoms with Gasteiger partial charge in [-0.2, -0.15) is 4.52 Å². The quantitative estimate of drug-likeness (QED) is 0.199. The Morgan fingerprint density at radius 1 is 0.867 bits per heavy atom. The number of imidazole rings is 2. The second-order valence-electron chi connectivity index (χ2n) is 11.4. The zero-order valence-electron chi connectivity index (χ0n) is 24.5. The Bertz CT molecular complexity index is 2060. The van der Waals surface area contributed by atoms with Gasteiger partial charge in [-0.3, -0.25) is 0 Å². The summed E-state index contributed by atoms with van der Waals surface area (Å²) in [6.45, 7) is 2.37. The Balaban J connectivity index is 0.000000249. The molecule has 0 unspecified atom stereocenters. The Hall–Kier alpha value is -5.23. The summed E-state index contributed by atoms with van der Waals surface area (Å²) < 4.78 is 35.6. The van der Waals surface area contributed by atoms with Crippen LogP contribution in [0.5, 0.6) is 5.88 Å². The highest BCUT2D eigenvalue weighted by molar-refractivity contribution is 5.75. The molecule has 10 nitrogen and oxygen atoms in total. The van der Waals surface area contributed by atoms with Crippen LogP contribution in [0.2, 0.25) is 0 Å². The first-order valence-corrected chi connectivity index (χ1v) is 14.7. The topological polar surface area (TPSA) is 130 Å². The molecule has 1 saturated carbocycles. The second kappa shape index (κ2) is 11.7. The fraction of sp³-hybridized carbons (Fsp3) is 0.242. The summed E-state index contributed by atoms with van der Waals surface area (Å²) in [5, 5.41) is 21.8. The number of ether oxygens (including phenoxy) is 1. The summed E-state index contributed by atoms with van der Waals surface area (Å²) in [4.78, 5) is 15.0. The number of H-pyrrole nitrogens is 2. The molecule has 0 amide bonds. The standard InChI is InChI=1S/C25H22F2N6O.C8H8N2O/c1-25(10-4-5-11-25)17-13-22-30-31-23(16-9-8-15(26)12-18(16)27)33(22)32-24(17)34-14-21-28-19-6-2-3-7-20(19)29-21;11-5-8-9-6-3-1-2-4-7(6)10-8/h2-3,6-9,12-13H,4-5,10-11,14H2,1H3,(H,28,29);1-4,11H,5H2,(H,9,10). The maximum atomic E-state index is 14.5. The normalized spacial score (nSPS) is 14.2. The van der Waals surface area contributed by atoms with E-state index >= 15 is 0 Å². The predicted molar refractivity (Wildman–Crippen MR) is 164 cm³/mol. The fourth-order valence-electron chi connectivity index (χ4n) is 5.91. The Kier molecular flexibility index (Phi) is 7.42. The molecule has 0 atom stereocenters. The Morgan fingerprint density at radius 3 is 2.20 bits per heavy atom. The van der Waals surface area contributed by atoms with Crippen LogP contribution in [-0.4, -0.2) is 44.9 Å². The first-order chi connectivity index (χ1) is 21.9. The molecule has 45 heavy (non-hydrogen) atoms. The molecule has 228 valence electrons. The number of hydrogen-bond donors (Lipinski definition) is 3. The van der Waals surface area contributed by atoms with Gasteiger partial charge in [-0.25, -0.2) is 18.7 Å². The molecule has 1 fully saturated rings. The van der Waals surface area contributed by atoms with Crippen molar-refractivity contribution in [1.29, 1.82) is 0 Å². The minimum Gasteiger partial charge on any atom is -0.468 e. The molecule has 3 aromatic carbocycles. The molecule has 0 spiro atoms. The number of hydrogen-bond acceptors (Lipinski definition) is 7. The van der Waals surface area contributed by atoms with E-state index in [2.05, 4.69) is 37.1 Å². The van der Waals surface area contributed by atoms with Crippen molar-refractivity contribution in [2.45, 2.75) is 51.2 Å². The van der Waals surface area contributed by atoms with Crippen LogP contribution in [0.15, 0.2) is 72.8 Å². The van der Waals surface area contributed by atoms with Crippen LogP contribution in [-0.2, 0) is 18.6 Å². The van der Waals surface area contributed by atoms with Crippen molar-refractivity contribution in [3.63, 3.8) is 0 Å². The Labute approximate surface area is 256 Å². The number of aromatic amines is 2. The molecule has 0 radical (unpaired) electrons. The smallest absolute Gasteiger partial charge is 0.236 e. The number of benzene rings is 3. The van der Waals surface area contributed by atoms with E-state index in [1.54, 1.807) is 0 Å². The van der Waals surface area contributed by atoms with Gasteiger partial charge in [0.25, 0.3) is 0 Å². The van der Waals surface area contributed by atoms with Crippen molar-refractivity contribution in [2.75, 3.05) is 0 Å². The highest BCUT2D eigenvalue weighted by atomic mass is 19.1. The lowest BCUT2D eigenvalue weighted by molar-refractivity contribution is 0.270. The van der Waals surface area contributed by atoms with Crippen LogP contribution in [0.3, 0.4) is 0 Å². The molecule has 0 saturated heterocycles. The number of aliphatic hydroxyl groups is 1. The number of rotatable bonds is 6. The van der Waals surface area contributed by atoms with E-state index in [1.165, 1.54) is 16.6 Å². The lowest BCUT2D eigenvalue weighted by atomic mass is 9.81. The summed E-state index contributed by atoms with van der Waals surface area (Å²) in [5.74, 6) is 0.525. The monoisotopic (exact) mass is 608 g/mol. The van der Waals surface area contributed by atoms with Crippen molar-refractivity contribution >= 4 is 27.7 Å². The van der Waals surface area contributed by atoms with E-state index in [9.17, 15) is 8.78 Å². The lowest BCUT2D eigenvalue weighted by Gasteiger charge is -2.25. The number of halogens is 2. The van der Waals surface area contributed by atoms with Crippen molar-refractivity contribution in [1.82, 2.24) is 39.7 Å². The third-order valence-corrected chi connectivity index (χ3v) is 8.26. The van der Waals surface area contributed by atoms with Gasteiger partial charge in [0.15, 0.2) is 11.5 Å². The SMILES string of the molecule is CC1(c2cc3nnc(-c4ccc(F)cc4F)n3nc2OCc2nc3ccccc3[nH]2)CCCC1.OCc1nc2ccccc2[nH]1. The van der Waals surface area contributed by atoms with E-state index in [4.69, 9.17) is 14.9 Å². The van der Waals surface area contributed by atoms with Gasteiger partial charge in [-0.05, 0) is 60.7 Å². The van der Waals surface area contributed by atoms with Crippen LogP contribution in [0.25, 0.3) is 39.1 Å². The molecule has 8 rings (SSSR count). The van der Waals surface area contributed by atoms with E-state index in [-0.39, 0.29) is 30.0 Å². The number of nitrogens with zero attached hydrogens (tertiary/aromatic N) is 6. The molecule has 0 bridgehead atoms. The first kappa shape index (κ1) is 28.5. The van der Waals surface area contributed by atoms with Crippen molar-refractivity contribution in [3.8, 4) is 17.3 Å². The van der Waals surface area contributed by atoms with E-state index in [0.29, 0.717) is 23.2 Å². The van der Waals surface area contributed by atoms with Gasteiger partial charge in [0.2, 0.25) is 5.88 Å². The Morgan fingerprint density at radius 2 is 1.53 bits per heavy atom. The molecule has 3 N–H and O–H groups in total. The molecule has 0 aliphatic heterocycles. The molecule has 4 aromatic heterocycles. The minimum absolute atomic E-state index is 0.0331. The highest BCUT2D eigenvalue weighted by Gasteiger charge is 2.35. The van der Waals surface area contributed by atoms with Crippen LogP contribution in [0, 0.1) is 11.6 Å². The van der Waals surface area contributed by atoms with Gasteiger partial charge in [0.05, 0.1) is 27.6 Å². The van der Waals surface area contributed by atoms with Crippen molar-refractivity contribution in [2.24, 2.45) is 0 Å². The zero-order valence-corrected chi connectivity index (χ0v) is 24.5. The maximum absolute atomic E-state index is 14.5. The second-order valence-corrected chi connectivity index (χ2v) is 11.4. The van der Waals surface area contributed by atoms with Crippen LogP contribution in [0.4, 0.5) is 8.78 Å². The van der Waals surface area contributed by atoms with Gasteiger partial charge in [-0.15, -0.1) is 15.3 Å². The largest absolute Gasteiger partial charge is 0.468 e. The number of aromatic nitrogens is 8. The van der Waals surface area contributed by atoms with Crippen molar-refractivity contribution < 1.29 is 18.6 Å². The molecular formula is C33H30F2N8O2. The van der Waals surface area contributed by atoms with Gasteiger partial charge in [0.1, 0.15) is 36.5 Å². The summed E-state index contributed by atoms with van der Waals surface area (Å²) in [5.41, 5.74) is 5.11. The summed E-state index contributed by atoms with van der Waals surface area (Å²) >= 11 is 0. The number of fused-ring (bicyclic) bond motifs is 3. The minimum atomic E-state index is -0.729. The van der Waals surface area contributed by atoms with Gasteiger partial charge < -0.3 is 19.8 Å². The molecule has 1 aliphatic rings. The third-order valence-electron chi connectivity index (χ3n) is 8.26. The van der Waals surface area contributed by atoms with Crippen LogP contribution < -0.4 is 4.74 Å². The van der Waals surface area contributed by atoms with Crippen LogP contribution >= 0.6 is 0 Å². The van der Waals surface area contributed by atoms with E-state index in [0.717, 1.165) is 59.4 Å². The van der Waals surface area contributed by atoms with Gasteiger partial charge in [-0.1, -0.05) is 44.0 Å². The number of nitrogens with one attached hydrogen (secondary N) is 2. The molecule has 12 heteroatoms. The summed E-state index contributed by atoms with van der Waals surface area (Å²) in [6, 6.07) is 20.7. The zero-order chi connectivity index (χ0) is 31.0. The maximum Gasteiger partial charge on any atom is 0.236 e. The average Bonchev–Trinajstić information content (AvgIpc) is 3.85. The molecule has 1 aliphatic carbocycles. The van der Waals surface area contributed by atoms with E-state index in [1.807, 2.05) is 54.6 Å². The molecule has 4 heterocycles. The first-order valence-electron chi connectivity index (χ1n) is 14.7. The van der Waals surface area contributed by atoms with Crippen LogP contribution in [0.1, 0.15) is 49.8 Å². The molecular weight excluding hydrogens is 578 g/mol. The highest BCUT2D eigenvalue weighted by Crippen LogP contribution is 2.44. The lowest BCUT2D eigenvalue weighted by Crippen LogP contribution is -2.20. The van der Waals surface area contributed by atoms with Gasteiger partial charge in [0, 0.05) is 11.6 Å². The van der Waals surface area contributed by atoms with Gasteiger partial charge >= 0.3 is 0 Å². The number of para-hydroxylation sites is 4. The predicted octanol–water partition coefficient (Wildman–Crippen LogP) is 6.41. The number of aliphatic hydroxyl groups excluding tert-OH is 1. The molecule has 7 aromatic rings. The average molecular weight is 609 g/mol. The third kappa shape index (κ3) is 5.60. The van der Waals surface area contributed by atoms with E-state index < -0.39 is 11.6 Å². The summed E-state index contributed by atoms with van der Waals surface area (Å²) in [6.07, 6.45) is 4.28. The summed E-state index contributed by atoms with van der Waals surface area (Å²) in [7, 11) is 0.